The summed E-state index contributed by atoms with van der Waals surface area (Å²) < 4.78 is 5.99. The van der Waals surface area contributed by atoms with Gasteiger partial charge in [-0.1, -0.05) is 18.2 Å². The number of rotatable bonds is 5. The zero-order valence-electron chi connectivity index (χ0n) is 18.1. The van der Waals surface area contributed by atoms with Crippen LogP contribution in [0.5, 0.6) is 0 Å². The maximum atomic E-state index is 12.6. The zero-order chi connectivity index (χ0) is 25.1. The Balaban J connectivity index is 1.40. The van der Waals surface area contributed by atoms with Gasteiger partial charge in [-0.2, -0.15) is 0 Å². The molecule has 0 saturated heterocycles. The number of para-hydroxylation sites is 1. The molecule has 0 fully saturated rings. The van der Waals surface area contributed by atoms with Crippen LogP contribution in [0.1, 0.15) is 26.5 Å². The summed E-state index contributed by atoms with van der Waals surface area (Å²) in [6, 6.07) is 18.0. The van der Waals surface area contributed by atoms with E-state index in [0.717, 1.165) is 17.0 Å². The van der Waals surface area contributed by atoms with E-state index in [-0.39, 0.29) is 28.0 Å². The zero-order valence-corrected chi connectivity index (χ0v) is 20.5. The molecular weight excluding hydrogens is 536 g/mol. The van der Waals surface area contributed by atoms with Crippen LogP contribution in [0.25, 0.3) is 11.0 Å². The largest absolute Gasteiger partial charge is 0.451 e. The van der Waals surface area contributed by atoms with Crippen LogP contribution in [0.15, 0.2) is 75.6 Å². The van der Waals surface area contributed by atoms with Gasteiger partial charge < -0.3 is 15.1 Å². The molecule has 1 heterocycles. The molecule has 35 heavy (non-hydrogen) atoms. The quantitative estimate of drug-likeness (QED) is 0.162. The number of nitrogens with one attached hydrogen (secondary N) is 3. The van der Waals surface area contributed by atoms with Gasteiger partial charge >= 0.3 is 0 Å². The van der Waals surface area contributed by atoms with Crippen LogP contribution in [0, 0.1) is 17.0 Å². The van der Waals surface area contributed by atoms with Crippen molar-refractivity contribution in [1.29, 1.82) is 0 Å². The molecule has 4 aromatic rings. The Kier molecular flexibility index (Phi) is 6.90. The monoisotopic (exact) mass is 552 g/mol. The number of thiocarbonyl (C=S) groups is 1. The Bertz CT molecular complexity index is 1470. The molecular formula is C24H17BrN4O5S. The Hall–Kier alpha value is -4.09. The number of halogens is 1. The number of anilines is 2. The highest BCUT2D eigenvalue weighted by Gasteiger charge is 2.17. The highest BCUT2D eigenvalue weighted by atomic mass is 79.9. The van der Waals surface area contributed by atoms with Gasteiger partial charge in [0.05, 0.1) is 10.5 Å². The van der Waals surface area contributed by atoms with Crippen LogP contribution in [0.3, 0.4) is 0 Å². The summed E-state index contributed by atoms with van der Waals surface area (Å²) in [5.74, 6) is -0.788. The standard InChI is InChI=1S/C24H17BrN4O5S/c1-13-10-15(26-24(35)28-22(30)17-12-16(29(32)33)7-8-18(17)25)6-9-19(13)27-23(31)21-11-14-4-2-3-5-20(14)34-21/h2-12H,1H3,(H,27,31)(H2,26,28,30,35). The minimum absolute atomic E-state index is 0.00636. The van der Waals surface area contributed by atoms with Crippen molar-refractivity contribution in [3.8, 4) is 0 Å². The van der Waals surface area contributed by atoms with E-state index < -0.39 is 10.8 Å². The maximum absolute atomic E-state index is 12.6. The third-order valence-corrected chi connectivity index (χ3v) is 5.91. The molecule has 2 amide bonds. The smallest absolute Gasteiger partial charge is 0.291 e. The Morgan fingerprint density at radius 2 is 1.77 bits per heavy atom. The fraction of sp³-hybridized carbons (Fsp3) is 0.0417. The Labute approximate surface area is 212 Å². The van der Waals surface area contributed by atoms with E-state index in [1.54, 1.807) is 37.3 Å². The fourth-order valence-corrected chi connectivity index (χ4v) is 3.93. The first kappa shape index (κ1) is 24.0. The molecule has 1 aromatic heterocycles. The van der Waals surface area contributed by atoms with E-state index in [2.05, 4.69) is 31.9 Å². The summed E-state index contributed by atoms with van der Waals surface area (Å²) in [4.78, 5) is 35.5. The van der Waals surface area contributed by atoms with Crippen LogP contribution in [0.2, 0.25) is 0 Å². The number of nitro groups is 1. The molecule has 0 aliphatic carbocycles. The van der Waals surface area contributed by atoms with Crippen LogP contribution < -0.4 is 16.0 Å². The topological polar surface area (TPSA) is 127 Å². The fourth-order valence-electron chi connectivity index (χ4n) is 3.29. The normalized spacial score (nSPS) is 10.6. The number of furan rings is 1. The summed E-state index contributed by atoms with van der Waals surface area (Å²) in [7, 11) is 0. The van der Waals surface area contributed by atoms with Crippen molar-refractivity contribution in [2.75, 3.05) is 10.6 Å². The predicted molar refractivity (Wildman–Crippen MR) is 140 cm³/mol. The molecule has 0 spiro atoms. The second-order valence-electron chi connectivity index (χ2n) is 7.46. The summed E-state index contributed by atoms with van der Waals surface area (Å²) in [6.07, 6.45) is 0. The van der Waals surface area contributed by atoms with Gasteiger partial charge in [0.2, 0.25) is 0 Å². The number of hydrogen-bond donors (Lipinski definition) is 3. The molecule has 176 valence electrons. The van der Waals surface area contributed by atoms with E-state index in [1.807, 2.05) is 18.2 Å². The second-order valence-corrected chi connectivity index (χ2v) is 8.72. The van der Waals surface area contributed by atoms with Gasteiger partial charge in [-0.15, -0.1) is 0 Å². The highest BCUT2D eigenvalue weighted by Crippen LogP contribution is 2.24. The van der Waals surface area contributed by atoms with E-state index in [9.17, 15) is 19.7 Å². The van der Waals surface area contributed by atoms with Crippen molar-refractivity contribution < 1.29 is 18.9 Å². The minimum Gasteiger partial charge on any atom is -0.451 e. The molecule has 0 atom stereocenters. The van der Waals surface area contributed by atoms with E-state index in [4.69, 9.17) is 16.6 Å². The minimum atomic E-state index is -0.607. The van der Waals surface area contributed by atoms with Crippen LogP contribution >= 0.6 is 28.1 Å². The predicted octanol–water partition coefficient (Wildman–Crippen LogP) is 5.79. The third kappa shape index (κ3) is 5.53. The number of benzene rings is 3. The average Bonchev–Trinajstić information content (AvgIpc) is 3.25. The number of fused-ring (bicyclic) bond motifs is 1. The van der Waals surface area contributed by atoms with Crippen molar-refractivity contribution in [3.05, 3.63) is 98.2 Å². The SMILES string of the molecule is Cc1cc(NC(=S)NC(=O)c2cc([N+](=O)[O-])ccc2Br)ccc1NC(=O)c1cc2ccccc2o1. The number of nitrogens with zero attached hydrogens (tertiary/aromatic N) is 1. The maximum Gasteiger partial charge on any atom is 0.291 e. The molecule has 4 rings (SSSR count). The van der Waals surface area contributed by atoms with Crippen molar-refractivity contribution >= 4 is 73.1 Å². The van der Waals surface area contributed by atoms with Gasteiger partial charge in [0, 0.05) is 33.4 Å². The van der Waals surface area contributed by atoms with E-state index >= 15 is 0 Å². The first-order valence-electron chi connectivity index (χ1n) is 10.2. The molecule has 3 aromatic carbocycles. The van der Waals surface area contributed by atoms with E-state index in [1.165, 1.54) is 12.1 Å². The third-order valence-electron chi connectivity index (χ3n) is 5.01. The van der Waals surface area contributed by atoms with Gasteiger partial charge in [-0.05, 0) is 77.0 Å². The molecule has 0 unspecified atom stereocenters. The average molecular weight is 553 g/mol. The number of aryl methyl sites for hydroxylation is 1. The second kappa shape index (κ2) is 10.0. The lowest BCUT2D eigenvalue weighted by Crippen LogP contribution is -2.34. The van der Waals surface area contributed by atoms with E-state index in [0.29, 0.717) is 21.4 Å². The molecule has 9 nitrogen and oxygen atoms in total. The van der Waals surface area contributed by atoms with Gasteiger partial charge in [-0.25, -0.2) is 0 Å². The van der Waals surface area contributed by atoms with Crippen LogP contribution in [0.4, 0.5) is 17.1 Å². The Morgan fingerprint density at radius 3 is 2.49 bits per heavy atom. The number of carbonyl (C=O) groups excluding carboxylic acids is 2. The molecule has 0 saturated carbocycles. The number of nitro benzene ring substituents is 1. The number of carbonyl (C=O) groups is 2. The molecule has 0 aliphatic rings. The lowest BCUT2D eigenvalue weighted by Gasteiger charge is -2.13. The number of amides is 2. The number of non-ortho nitro benzene ring substituents is 1. The molecule has 0 aliphatic heterocycles. The lowest BCUT2D eigenvalue weighted by molar-refractivity contribution is -0.384. The van der Waals surface area contributed by atoms with Crippen LogP contribution in [-0.4, -0.2) is 21.9 Å². The summed E-state index contributed by atoms with van der Waals surface area (Å²) in [5, 5.41) is 20.0. The van der Waals surface area contributed by atoms with Gasteiger partial charge in [0.25, 0.3) is 17.5 Å². The molecule has 0 radical (unpaired) electrons. The van der Waals surface area contributed by atoms with Crippen molar-refractivity contribution in [3.63, 3.8) is 0 Å². The molecule has 11 heteroatoms. The Morgan fingerprint density at radius 1 is 1.00 bits per heavy atom. The summed E-state index contributed by atoms with van der Waals surface area (Å²) in [5.41, 5.74) is 2.39. The van der Waals surface area contributed by atoms with Crippen LogP contribution in [-0.2, 0) is 0 Å². The molecule has 3 N–H and O–H groups in total. The summed E-state index contributed by atoms with van der Waals surface area (Å²) in [6.45, 7) is 1.81. The van der Waals surface area contributed by atoms with Gasteiger partial charge in [0.1, 0.15) is 5.58 Å². The van der Waals surface area contributed by atoms with Gasteiger partial charge in [0.15, 0.2) is 10.9 Å². The summed E-state index contributed by atoms with van der Waals surface area (Å²) >= 11 is 8.42. The van der Waals surface area contributed by atoms with Crippen molar-refractivity contribution in [1.82, 2.24) is 5.32 Å². The van der Waals surface area contributed by atoms with Crippen molar-refractivity contribution in [2.24, 2.45) is 0 Å². The molecule has 0 bridgehead atoms. The lowest BCUT2D eigenvalue weighted by atomic mass is 10.1. The first-order chi connectivity index (χ1) is 16.7. The first-order valence-corrected chi connectivity index (χ1v) is 11.4. The highest BCUT2D eigenvalue weighted by molar-refractivity contribution is 9.10. The van der Waals surface area contributed by atoms with Crippen molar-refractivity contribution in [2.45, 2.75) is 6.92 Å². The van der Waals surface area contributed by atoms with Gasteiger partial charge in [-0.3, -0.25) is 25.0 Å². The number of hydrogen-bond acceptors (Lipinski definition) is 6.